The Morgan fingerprint density at radius 1 is 1.10 bits per heavy atom. The number of hydrogen-bond acceptors (Lipinski definition) is 4. The fraction of sp³-hybridized carbons (Fsp3) is 0. The van der Waals surface area contributed by atoms with Gasteiger partial charge in [0.15, 0.2) is 0 Å². The number of anilines is 1. The van der Waals surface area contributed by atoms with Crippen molar-refractivity contribution in [2.75, 3.05) is 5.32 Å². The molecule has 0 bridgehead atoms. The number of carbonyl (C=O) groups excluding carboxylic acids is 3. The molecule has 2 N–H and O–H groups in total. The number of pyridine rings is 1. The van der Waals surface area contributed by atoms with Crippen molar-refractivity contribution in [3.05, 3.63) is 57.8 Å². The maximum atomic E-state index is 12.1. The van der Waals surface area contributed by atoms with E-state index in [0.29, 0.717) is 15.9 Å². The second-order valence-electron chi connectivity index (χ2n) is 4.34. The second kappa shape index (κ2) is 5.10. The molecule has 3 amide bonds. The number of fused-ring (bicyclic) bond motifs is 1. The number of nitrogens with zero attached hydrogens (tertiary/aromatic N) is 1. The minimum atomic E-state index is -0.466. The van der Waals surface area contributed by atoms with E-state index in [2.05, 4.69) is 31.5 Å². The molecule has 0 fully saturated rings. The van der Waals surface area contributed by atoms with Crippen LogP contribution < -0.4 is 10.6 Å². The maximum absolute atomic E-state index is 12.1. The van der Waals surface area contributed by atoms with E-state index in [4.69, 9.17) is 0 Å². The molecule has 6 nitrogen and oxygen atoms in total. The van der Waals surface area contributed by atoms with Crippen LogP contribution in [0.15, 0.2) is 41.0 Å². The van der Waals surface area contributed by atoms with Gasteiger partial charge in [0.05, 0.1) is 11.1 Å². The number of benzene rings is 1. The summed E-state index contributed by atoms with van der Waals surface area (Å²) >= 11 is 3.19. The number of amides is 3. The van der Waals surface area contributed by atoms with E-state index in [1.807, 2.05) is 0 Å². The zero-order chi connectivity index (χ0) is 15.0. The molecule has 0 atom stereocenters. The molecule has 0 saturated carbocycles. The molecule has 2 heterocycles. The monoisotopic (exact) mass is 345 g/mol. The predicted octanol–water partition coefficient (Wildman–Crippen LogP) is 1.98. The minimum Gasteiger partial charge on any atom is -0.321 e. The Bertz CT molecular complexity index is 789. The van der Waals surface area contributed by atoms with Crippen LogP contribution in [0.4, 0.5) is 5.69 Å². The molecule has 1 aliphatic heterocycles. The van der Waals surface area contributed by atoms with Gasteiger partial charge in [0.1, 0.15) is 10.3 Å². The number of hydrogen-bond donors (Lipinski definition) is 2. The Hall–Kier alpha value is -2.54. The Morgan fingerprint density at radius 2 is 1.86 bits per heavy atom. The van der Waals surface area contributed by atoms with Gasteiger partial charge in [-0.25, -0.2) is 4.98 Å². The van der Waals surface area contributed by atoms with Gasteiger partial charge >= 0.3 is 0 Å². The summed E-state index contributed by atoms with van der Waals surface area (Å²) in [4.78, 5) is 39.1. The molecule has 1 aromatic carbocycles. The predicted molar refractivity (Wildman–Crippen MR) is 78.1 cm³/mol. The van der Waals surface area contributed by atoms with E-state index in [-0.39, 0.29) is 11.3 Å². The van der Waals surface area contributed by atoms with Crippen LogP contribution in [0, 0.1) is 0 Å². The molecule has 0 aliphatic carbocycles. The van der Waals surface area contributed by atoms with Crippen molar-refractivity contribution in [1.29, 1.82) is 0 Å². The van der Waals surface area contributed by atoms with E-state index < -0.39 is 17.7 Å². The zero-order valence-corrected chi connectivity index (χ0v) is 12.1. The van der Waals surface area contributed by atoms with Gasteiger partial charge in [0, 0.05) is 5.69 Å². The van der Waals surface area contributed by atoms with Crippen molar-refractivity contribution in [3.63, 3.8) is 0 Å². The quantitative estimate of drug-likeness (QED) is 0.643. The van der Waals surface area contributed by atoms with E-state index in [1.54, 1.807) is 24.3 Å². The summed E-state index contributed by atoms with van der Waals surface area (Å²) in [5, 5.41) is 4.83. The van der Waals surface area contributed by atoms with Crippen LogP contribution in [0.2, 0.25) is 0 Å². The number of nitrogens with one attached hydrogen (secondary N) is 2. The largest absolute Gasteiger partial charge is 0.321 e. The van der Waals surface area contributed by atoms with Crippen LogP contribution in [0.1, 0.15) is 31.2 Å². The SMILES string of the molecule is O=C(Nc1ccc2c(c1)C(=O)NC2=O)c1cccc(Br)n1. The zero-order valence-electron chi connectivity index (χ0n) is 10.5. The van der Waals surface area contributed by atoms with Crippen LogP contribution >= 0.6 is 15.9 Å². The fourth-order valence-electron chi connectivity index (χ4n) is 1.98. The van der Waals surface area contributed by atoms with E-state index in [1.165, 1.54) is 12.1 Å². The average Bonchev–Trinajstić information content (AvgIpc) is 2.74. The van der Waals surface area contributed by atoms with Gasteiger partial charge < -0.3 is 5.32 Å². The van der Waals surface area contributed by atoms with E-state index >= 15 is 0 Å². The standard InChI is InChI=1S/C14H8BrN3O3/c15-11-3-1-2-10(17-11)14(21)16-7-4-5-8-9(6-7)13(20)18-12(8)19/h1-6H,(H,16,21)(H,18,19,20). The van der Waals surface area contributed by atoms with Crippen molar-refractivity contribution in [1.82, 2.24) is 10.3 Å². The number of imide groups is 1. The lowest BCUT2D eigenvalue weighted by atomic mass is 10.1. The molecule has 0 spiro atoms. The van der Waals surface area contributed by atoms with Crippen molar-refractivity contribution in [2.45, 2.75) is 0 Å². The van der Waals surface area contributed by atoms with E-state index in [0.717, 1.165) is 0 Å². The van der Waals surface area contributed by atoms with Crippen molar-refractivity contribution < 1.29 is 14.4 Å². The first-order chi connectivity index (χ1) is 10.0. The molecular weight excluding hydrogens is 338 g/mol. The van der Waals surface area contributed by atoms with Crippen molar-refractivity contribution >= 4 is 39.3 Å². The van der Waals surface area contributed by atoms with Crippen molar-refractivity contribution in [2.24, 2.45) is 0 Å². The molecule has 21 heavy (non-hydrogen) atoms. The fourth-order valence-corrected chi connectivity index (χ4v) is 2.32. The molecule has 0 radical (unpaired) electrons. The number of halogens is 1. The molecule has 7 heteroatoms. The lowest BCUT2D eigenvalue weighted by molar-refractivity contribution is 0.0878. The molecule has 0 saturated heterocycles. The Kier molecular flexibility index (Phi) is 3.26. The summed E-state index contributed by atoms with van der Waals surface area (Å²) in [5.41, 5.74) is 1.22. The lowest BCUT2D eigenvalue weighted by Crippen LogP contribution is -2.19. The van der Waals surface area contributed by atoms with Gasteiger partial charge in [-0.2, -0.15) is 0 Å². The summed E-state index contributed by atoms with van der Waals surface area (Å²) in [5.74, 6) is -1.30. The third kappa shape index (κ3) is 2.55. The van der Waals surface area contributed by atoms with Crippen LogP contribution in [-0.4, -0.2) is 22.7 Å². The van der Waals surface area contributed by atoms with Gasteiger partial charge in [0.2, 0.25) is 0 Å². The van der Waals surface area contributed by atoms with Crippen LogP contribution in [-0.2, 0) is 0 Å². The number of carbonyl (C=O) groups is 3. The smallest absolute Gasteiger partial charge is 0.274 e. The summed E-state index contributed by atoms with van der Waals surface area (Å²) < 4.78 is 0.550. The highest BCUT2D eigenvalue weighted by Crippen LogP contribution is 2.20. The first-order valence-corrected chi connectivity index (χ1v) is 6.77. The highest BCUT2D eigenvalue weighted by molar-refractivity contribution is 9.10. The Balaban J connectivity index is 1.86. The van der Waals surface area contributed by atoms with Gasteiger partial charge in [-0.3, -0.25) is 19.7 Å². The average molecular weight is 346 g/mol. The first kappa shape index (κ1) is 13.4. The first-order valence-electron chi connectivity index (χ1n) is 5.98. The number of aromatic nitrogens is 1. The third-order valence-electron chi connectivity index (χ3n) is 2.94. The summed E-state index contributed by atoms with van der Waals surface area (Å²) in [6.07, 6.45) is 0. The van der Waals surface area contributed by atoms with E-state index in [9.17, 15) is 14.4 Å². The van der Waals surface area contributed by atoms with Gasteiger partial charge in [-0.1, -0.05) is 6.07 Å². The minimum absolute atomic E-state index is 0.241. The second-order valence-corrected chi connectivity index (χ2v) is 5.16. The lowest BCUT2D eigenvalue weighted by Gasteiger charge is -2.06. The third-order valence-corrected chi connectivity index (χ3v) is 3.38. The van der Waals surface area contributed by atoms with Crippen molar-refractivity contribution in [3.8, 4) is 0 Å². The number of rotatable bonds is 2. The van der Waals surface area contributed by atoms with Crippen LogP contribution in [0.5, 0.6) is 0 Å². The molecule has 1 aromatic heterocycles. The topological polar surface area (TPSA) is 88.2 Å². The Labute approximate surface area is 127 Å². The molecule has 3 rings (SSSR count). The molecule has 104 valence electrons. The van der Waals surface area contributed by atoms with Crippen LogP contribution in [0.3, 0.4) is 0 Å². The highest BCUT2D eigenvalue weighted by atomic mass is 79.9. The maximum Gasteiger partial charge on any atom is 0.274 e. The Morgan fingerprint density at radius 3 is 2.62 bits per heavy atom. The summed E-state index contributed by atoms with van der Waals surface area (Å²) in [7, 11) is 0. The molecule has 2 aromatic rings. The summed E-state index contributed by atoms with van der Waals surface area (Å²) in [6, 6.07) is 9.50. The van der Waals surface area contributed by atoms with Crippen LogP contribution in [0.25, 0.3) is 0 Å². The van der Waals surface area contributed by atoms with Gasteiger partial charge in [-0.15, -0.1) is 0 Å². The summed E-state index contributed by atoms with van der Waals surface area (Å²) in [6.45, 7) is 0. The molecular formula is C14H8BrN3O3. The van der Waals surface area contributed by atoms with Gasteiger partial charge in [-0.05, 0) is 46.3 Å². The molecule has 1 aliphatic rings. The highest BCUT2D eigenvalue weighted by Gasteiger charge is 2.26. The van der Waals surface area contributed by atoms with Gasteiger partial charge in [0.25, 0.3) is 17.7 Å². The molecule has 0 unspecified atom stereocenters. The normalized spacial score (nSPS) is 12.8.